The minimum absolute atomic E-state index is 0.0376. The van der Waals surface area contributed by atoms with Gasteiger partial charge in [0.15, 0.2) is 0 Å². The zero-order chi connectivity index (χ0) is 49.6. The third-order valence-electron chi connectivity index (χ3n) is 14.5. The Labute approximate surface area is 404 Å². The number of piperidine rings is 4. The van der Waals surface area contributed by atoms with Crippen molar-refractivity contribution in [2.45, 2.75) is 244 Å². The van der Waals surface area contributed by atoms with E-state index >= 15 is 0 Å². The summed E-state index contributed by atoms with van der Waals surface area (Å²) in [5.74, 6) is 2.14. The summed E-state index contributed by atoms with van der Waals surface area (Å²) in [5, 5.41) is 21.9. The Kier molecular flexibility index (Phi) is 16.0. The van der Waals surface area contributed by atoms with Gasteiger partial charge in [0.2, 0.25) is 11.9 Å². The highest BCUT2D eigenvalue weighted by Crippen LogP contribution is 2.39. The Morgan fingerprint density at radius 3 is 1.18 bits per heavy atom. The molecule has 4 aliphatic rings. The molecular weight excluding hydrogens is 819 g/mol. The van der Waals surface area contributed by atoms with Crippen LogP contribution in [0.1, 0.15) is 174 Å². The van der Waals surface area contributed by atoms with Gasteiger partial charge in [0.25, 0.3) is 0 Å². The predicted molar refractivity (Wildman–Crippen MR) is 282 cm³/mol. The fourth-order valence-corrected chi connectivity index (χ4v) is 13.4. The van der Waals surface area contributed by atoms with Crippen molar-refractivity contribution in [2.75, 3.05) is 62.0 Å². The van der Waals surface area contributed by atoms with Gasteiger partial charge in [0, 0.05) is 93.9 Å². The Morgan fingerprint density at radius 1 is 0.470 bits per heavy atom. The number of aromatic nitrogens is 3. The van der Waals surface area contributed by atoms with Crippen LogP contribution in [-0.4, -0.2) is 135 Å². The molecule has 1 aromatic heterocycles. The van der Waals surface area contributed by atoms with Gasteiger partial charge in [0.05, 0.1) is 13.3 Å². The van der Waals surface area contributed by atoms with Crippen molar-refractivity contribution < 1.29 is 0 Å². The van der Waals surface area contributed by atoms with Crippen LogP contribution >= 0.6 is 0 Å². The summed E-state index contributed by atoms with van der Waals surface area (Å²) in [6.07, 6.45) is 8.90. The molecule has 0 amide bonds. The molecule has 0 atom stereocenters. The van der Waals surface area contributed by atoms with Crippen molar-refractivity contribution in [2.24, 2.45) is 0 Å². The first-order chi connectivity index (χ1) is 30.0. The van der Waals surface area contributed by atoms with Crippen LogP contribution in [0.3, 0.4) is 0 Å². The molecule has 6 N–H and O–H groups in total. The van der Waals surface area contributed by atoms with E-state index in [1.54, 1.807) is 0 Å². The normalized spacial score (nSPS) is 24.6. The second-order valence-corrected chi connectivity index (χ2v) is 26.6. The van der Waals surface area contributed by atoms with Crippen molar-refractivity contribution in [1.82, 2.24) is 46.0 Å². The summed E-state index contributed by atoms with van der Waals surface area (Å²) < 4.78 is 0. The van der Waals surface area contributed by atoms with Crippen LogP contribution in [0.5, 0.6) is 0 Å². The zero-order valence-corrected chi connectivity index (χ0v) is 46.2. The van der Waals surface area contributed by atoms with Crippen LogP contribution in [0, 0.1) is 13.8 Å². The lowest BCUT2D eigenvalue weighted by Gasteiger charge is -2.53. The standard InChI is InChI=1S/C28H51N5.C25H48N8/c1-20-12-21(29-10)14-22(13-20)33(24-17-27(6,7)31-28(8,9)18-24)19-32(11)23-15-25(2,3)30-26(4,5)16-23;1-17-27-20(26-10)29-21(28-17)33(19-14-24(6,7)31-25(8,9)15-19)16-32(11)18-12-22(2,3)30-23(4,5)13-18/h12-14,23-24,29-31H,15-19H2,1-11H3;18-19,30-31H,12-16H2,1-11H3,(H,26,27,28,29). The van der Waals surface area contributed by atoms with Crippen molar-refractivity contribution in [3.8, 4) is 0 Å². The van der Waals surface area contributed by atoms with Gasteiger partial charge in [-0.15, -0.1) is 0 Å². The van der Waals surface area contributed by atoms with Gasteiger partial charge >= 0.3 is 0 Å². The molecule has 13 heteroatoms. The van der Waals surface area contributed by atoms with Gasteiger partial charge in [-0.05, 0) is 214 Å². The predicted octanol–water partition coefficient (Wildman–Crippen LogP) is 8.89. The minimum atomic E-state index is 0.0376. The SMILES string of the molecule is CNc1cc(C)cc(N(CN(C)C2CC(C)(C)NC(C)(C)C2)C2CC(C)(C)NC(C)(C)C2)c1.CNc1nc(C)nc(N(CN(C)C2CC(C)(C)NC(C)(C)C2)C2CC(C)(C)NC(C)(C)C2)n1. The van der Waals surface area contributed by atoms with Crippen LogP contribution < -0.4 is 41.7 Å². The van der Waals surface area contributed by atoms with Crippen LogP contribution in [-0.2, 0) is 0 Å². The molecule has 0 radical (unpaired) electrons. The number of nitrogens with zero attached hydrogens (tertiary/aromatic N) is 7. The molecule has 2 aromatic rings. The summed E-state index contributed by atoms with van der Waals surface area (Å²) in [5.41, 5.74) is 4.62. The highest BCUT2D eigenvalue weighted by molar-refractivity contribution is 5.61. The molecule has 4 saturated heterocycles. The van der Waals surface area contributed by atoms with E-state index in [1.165, 1.54) is 29.8 Å². The van der Waals surface area contributed by atoms with Gasteiger partial charge < -0.3 is 41.7 Å². The van der Waals surface area contributed by atoms with Gasteiger partial charge in [0.1, 0.15) is 5.82 Å². The van der Waals surface area contributed by atoms with Gasteiger partial charge in [-0.3, -0.25) is 9.80 Å². The first kappa shape index (κ1) is 54.1. The van der Waals surface area contributed by atoms with Gasteiger partial charge in [-0.25, -0.2) is 0 Å². The van der Waals surface area contributed by atoms with E-state index in [1.807, 2.05) is 21.0 Å². The van der Waals surface area contributed by atoms with E-state index in [-0.39, 0.29) is 44.3 Å². The number of hydrogen-bond donors (Lipinski definition) is 6. The van der Waals surface area contributed by atoms with Crippen LogP contribution in [0.2, 0.25) is 0 Å². The summed E-state index contributed by atoms with van der Waals surface area (Å²) >= 11 is 0. The fraction of sp³-hybridized carbons (Fsp3) is 0.830. The second-order valence-electron chi connectivity index (χ2n) is 26.6. The van der Waals surface area contributed by atoms with E-state index in [2.05, 4.69) is 206 Å². The lowest BCUT2D eigenvalue weighted by molar-refractivity contribution is 0.0754. The van der Waals surface area contributed by atoms with E-state index in [9.17, 15) is 0 Å². The molecule has 66 heavy (non-hydrogen) atoms. The monoisotopic (exact) mass is 918 g/mol. The molecule has 4 aliphatic heterocycles. The topological polar surface area (TPSA) is 124 Å². The summed E-state index contributed by atoms with van der Waals surface area (Å²) in [6.45, 7) is 43.2. The molecule has 4 fully saturated rings. The molecule has 0 unspecified atom stereocenters. The molecule has 0 bridgehead atoms. The molecule has 6 rings (SSSR count). The third kappa shape index (κ3) is 15.1. The number of aryl methyl sites for hydroxylation is 2. The molecule has 376 valence electrons. The van der Waals surface area contributed by atoms with Crippen molar-refractivity contribution >= 4 is 23.3 Å². The van der Waals surface area contributed by atoms with Gasteiger partial charge in [-0.1, -0.05) is 0 Å². The van der Waals surface area contributed by atoms with E-state index in [4.69, 9.17) is 9.97 Å². The van der Waals surface area contributed by atoms with Crippen LogP contribution in [0.15, 0.2) is 18.2 Å². The summed E-state index contributed by atoms with van der Waals surface area (Å²) in [7, 11) is 8.48. The van der Waals surface area contributed by atoms with Gasteiger partial charge in [-0.2, -0.15) is 15.0 Å². The van der Waals surface area contributed by atoms with E-state index in [0.29, 0.717) is 30.1 Å². The molecule has 5 heterocycles. The van der Waals surface area contributed by atoms with E-state index in [0.717, 1.165) is 63.6 Å². The second kappa shape index (κ2) is 19.5. The Morgan fingerprint density at radius 2 is 0.818 bits per heavy atom. The number of benzene rings is 1. The maximum Gasteiger partial charge on any atom is 0.231 e. The first-order valence-electron chi connectivity index (χ1n) is 25.3. The van der Waals surface area contributed by atoms with Crippen molar-refractivity contribution in [3.05, 3.63) is 29.6 Å². The first-order valence-corrected chi connectivity index (χ1v) is 25.3. The van der Waals surface area contributed by atoms with Crippen molar-refractivity contribution in [1.29, 1.82) is 0 Å². The summed E-state index contributed by atoms with van der Waals surface area (Å²) in [6, 6.07) is 8.77. The lowest BCUT2D eigenvalue weighted by atomic mass is 9.78. The molecule has 1 aromatic carbocycles. The quantitative estimate of drug-likeness (QED) is 0.114. The highest BCUT2D eigenvalue weighted by atomic mass is 15.4. The highest BCUT2D eigenvalue weighted by Gasteiger charge is 2.45. The lowest BCUT2D eigenvalue weighted by Crippen LogP contribution is -2.65. The molecule has 0 saturated carbocycles. The molecule has 13 nitrogen and oxygen atoms in total. The van der Waals surface area contributed by atoms with E-state index < -0.39 is 0 Å². The fourth-order valence-electron chi connectivity index (χ4n) is 13.4. The third-order valence-corrected chi connectivity index (χ3v) is 14.5. The smallest absolute Gasteiger partial charge is 0.231 e. The average molecular weight is 918 g/mol. The zero-order valence-electron chi connectivity index (χ0n) is 46.2. The molecule has 0 spiro atoms. The Bertz CT molecular complexity index is 1730. The van der Waals surface area contributed by atoms with Crippen LogP contribution in [0.4, 0.5) is 23.3 Å². The number of nitrogens with one attached hydrogen (secondary N) is 6. The Hall–Kier alpha value is -2.81. The number of hydrogen-bond acceptors (Lipinski definition) is 13. The summed E-state index contributed by atoms with van der Waals surface area (Å²) in [4.78, 5) is 24.3. The average Bonchev–Trinajstić information content (AvgIpc) is 3.10. The number of rotatable bonds is 12. The Balaban J connectivity index is 0.000000247. The number of anilines is 4. The maximum atomic E-state index is 4.81. The van der Waals surface area contributed by atoms with Crippen LogP contribution in [0.25, 0.3) is 0 Å². The maximum absolute atomic E-state index is 4.81. The molecule has 0 aliphatic carbocycles. The van der Waals surface area contributed by atoms with Crippen molar-refractivity contribution in [3.63, 3.8) is 0 Å². The molecular formula is C53H99N13. The largest absolute Gasteiger partial charge is 0.388 e. The minimum Gasteiger partial charge on any atom is -0.388 e.